The summed E-state index contributed by atoms with van der Waals surface area (Å²) in [5.41, 5.74) is 1.64. The monoisotopic (exact) mass is 320 g/mol. The van der Waals surface area contributed by atoms with E-state index in [-0.39, 0.29) is 0 Å². The van der Waals surface area contributed by atoms with Crippen LogP contribution in [0, 0.1) is 5.41 Å². The zero-order valence-electron chi connectivity index (χ0n) is 14.9. The summed E-state index contributed by atoms with van der Waals surface area (Å²) in [6, 6.07) is 2.13. The summed E-state index contributed by atoms with van der Waals surface area (Å²) in [7, 11) is 3.88. The van der Waals surface area contributed by atoms with E-state index in [4.69, 9.17) is 4.74 Å². The SMILES string of the molecule is CCOCCC1(CNC(=NC)NCc2ccn(C)c2)CCCC1. The lowest BCUT2D eigenvalue weighted by Crippen LogP contribution is -2.43. The first-order chi connectivity index (χ1) is 11.2. The molecular formula is C18H32N4O. The van der Waals surface area contributed by atoms with Crippen molar-refractivity contribution in [2.45, 2.75) is 45.6 Å². The van der Waals surface area contributed by atoms with E-state index in [0.717, 1.165) is 38.7 Å². The summed E-state index contributed by atoms with van der Waals surface area (Å²) in [5, 5.41) is 6.93. The second-order valence-electron chi connectivity index (χ2n) is 6.62. The minimum absolute atomic E-state index is 0.375. The van der Waals surface area contributed by atoms with E-state index in [1.807, 2.05) is 14.1 Å². The van der Waals surface area contributed by atoms with Crippen molar-refractivity contribution in [2.24, 2.45) is 17.5 Å². The summed E-state index contributed by atoms with van der Waals surface area (Å²) in [4.78, 5) is 4.35. The van der Waals surface area contributed by atoms with Gasteiger partial charge in [-0.3, -0.25) is 4.99 Å². The Morgan fingerprint density at radius 3 is 2.74 bits per heavy atom. The van der Waals surface area contributed by atoms with Crippen molar-refractivity contribution in [1.29, 1.82) is 0 Å². The van der Waals surface area contributed by atoms with Gasteiger partial charge in [-0.1, -0.05) is 12.8 Å². The fourth-order valence-corrected chi connectivity index (χ4v) is 3.42. The number of aliphatic imine (C=N–C) groups is 1. The Bertz CT molecular complexity index is 489. The molecule has 0 spiro atoms. The summed E-state index contributed by atoms with van der Waals surface area (Å²) in [6.07, 6.45) is 10.6. The number of ether oxygens (including phenoxy) is 1. The molecule has 0 aliphatic heterocycles. The lowest BCUT2D eigenvalue weighted by Gasteiger charge is -2.30. The maximum atomic E-state index is 5.59. The first-order valence-electron chi connectivity index (χ1n) is 8.80. The van der Waals surface area contributed by atoms with E-state index in [1.54, 1.807) is 0 Å². The lowest BCUT2D eigenvalue weighted by molar-refractivity contribution is 0.105. The molecule has 1 fully saturated rings. The van der Waals surface area contributed by atoms with Crippen LogP contribution in [0.25, 0.3) is 0 Å². The molecule has 0 saturated heterocycles. The number of rotatable bonds is 8. The predicted molar refractivity (Wildman–Crippen MR) is 95.6 cm³/mol. The third-order valence-corrected chi connectivity index (χ3v) is 4.85. The third kappa shape index (κ3) is 5.57. The van der Waals surface area contributed by atoms with Gasteiger partial charge >= 0.3 is 0 Å². The van der Waals surface area contributed by atoms with Crippen molar-refractivity contribution >= 4 is 5.96 Å². The smallest absolute Gasteiger partial charge is 0.191 e. The van der Waals surface area contributed by atoms with E-state index in [1.165, 1.54) is 31.2 Å². The highest BCUT2D eigenvalue weighted by molar-refractivity contribution is 5.79. The predicted octanol–water partition coefficient (Wildman–Crippen LogP) is 2.68. The molecule has 0 bridgehead atoms. The number of hydrogen-bond acceptors (Lipinski definition) is 2. The molecule has 1 aromatic rings. The molecule has 0 radical (unpaired) electrons. The highest BCUT2D eigenvalue weighted by Gasteiger charge is 2.33. The summed E-state index contributed by atoms with van der Waals surface area (Å²) < 4.78 is 7.65. The molecule has 0 amide bonds. The van der Waals surface area contributed by atoms with Gasteiger partial charge in [0.05, 0.1) is 0 Å². The Morgan fingerprint density at radius 2 is 2.13 bits per heavy atom. The average Bonchev–Trinajstić information content (AvgIpc) is 3.18. The molecule has 130 valence electrons. The maximum Gasteiger partial charge on any atom is 0.191 e. The standard InChI is InChI=1S/C18H32N4O/c1-4-23-12-10-18(8-5-6-9-18)15-21-17(19-2)20-13-16-7-11-22(3)14-16/h7,11,14H,4-6,8-10,12-13,15H2,1-3H3,(H2,19,20,21). The molecule has 1 aromatic heterocycles. The molecule has 5 heteroatoms. The van der Waals surface area contributed by atoms with Crippen LogP contribution in [0.3, 0.4) is 0 Å². The van der Waals surface area contributed by atoms with Crippen LogP contribution in [0.1, 0.15) is 44.6 Å². The number of nitrogens with zero attached hydrogens (tertiary/aromatic N) is 2. The van der Waals surface area contributed by atoms with Gasteiger partial charge in [-0.05, 0) is 43.2 Å². The van der Waals surface area contributed by atoms with Gasteiger partial charge in [0.15, 0.2) is 5.96 Å². The number of hydrogen-bond donors (Lipinski definition) is 2. The minimum Gasteiger partial charge on any atom is -0.382 e. The van der Waals surface area contributed by atoms with Crippen molar-refractivity contribution in [3.8, 4) is 0 Å². The molecule has 2 rings (SSSR count). The van der Waals surface area contributed by atoms with E-state index < -0.39 is 0 Å². The van der Waals surface area contributed by atoms with Gasteiger partial charge in [0.1, 0.15) is 0 Å². The number of guanidine groups is 1. The largest absolute Gasteiger partial charge is 0.382 e. The topological polar surface area (TPSA) is 50.6 Å². The molecule has 5 nitrogen and oxygen atoms in total. The van der Waals surface area contributed by atoms with Crippen molar-refractivity contribution in [3.63, 3.8) is 0 Å². The molecule has 0 unspecified atom stereocenters. The van der Waals surface area contributed by atoms with Crippen LogP contribution >= 0.6 is 0 Å². The van der Waals surface area contributed by atoms with Gasteiger partial charge < -0.3 is 19.9 Å². The fraction of sp³-hybridized carbons (Fsp3) is 0.722. The van der Waals surface area contributed by atoms with Crippen LogP contribution in [0.15, 0.2) is 23.5 Å². The Balaban J connectivity index is 1.80. The number of nitrogens with one attached hydrogen (secondary N) is 2. The van der Waals surface area contributed by atoms with E-state index >= 15 is 0 Å². The molecule has 1 saturated carbocycles. The van der Waals surface area contributed by atoms with Crippen LogP contribution in [-0.4, -0.2) is 37.3 Å². The van der Waals surface area contributed by atoms with E-state index in [9.17, 15) is 0 Å². The normalized spacial score (nSPS) is 17.4. The number of aryl methyl sites for hydroxylation is 1. The highest BCUT2D eigenvalue weighted by atomic mass is 16.5. The lowest BCUT2D eigenvalue weighted by atomic mass is 9.83. The molecule has 1 aliphatic rings. The Morgan fingerprint density at radius 1 is 1.35 bits per heavy atom. The average molecular weight is 320 g/mol. The second kappa shape index (κ2) is 8.96. The van der Waals surface area contributed by atoms with Gasteiger partial charge in [0.25, 0.3) is 0 Å². The Kier molecular flexibility index (Phi) is 6.96. The summed E-state index contributed by atoms with van der Waals surface area (Å²) in [6.45, 7) is 5.52. The quantitative estimate of drug-likeness (QED) is 0.440. The third-order valence-electron chi connectivity index (χ3n) is 4.85. The van der Waals surface area contributed by atoms with Gasteiger partial charge in [-0.25, -0.2) is 0 Å². The molecule has 0 aromatic carbocycles. The zero-order chi connectivity index (χ0) is 16.5. The van der Waals surface area contributed by atoms with E-state index in [2.05, 4.69) is 45.6 Å². The summed E-state index contributed by atoms with van der Waals surface area (Å²) in [5.74, 6) is 0.886. The van der Waals surface area contributed by atoms with Crippen molar-refractivity contribution in [2.75, 3.05) is 26.8 Å². The molecular weight excluding hydrogens is 288 g/mol. The van der Waals surface area contributed by atoms with Gasteiger partial charge in [-0.15, -0.1) is 0 Å². The van der Waals surface area contributed by atoms with Crippen molar-refractivity contribution < 1.29 is 4.74 Å². The number of aromatic nitrogens is 1. The van der Waals surface area contributed by atoms with Crippen molar-refractivity contribution in [3.05, 3.63) is 24.0 Å². The fourth-order valence-electron chi connectivity index (χ4n) is 3.42. The Hall–Kier alpha value is -1.49. The van der Waals surface area contributed by atoms with Gasteiger partial charge in [0.2, 0.25) is 0 Å². The highest BCUT2D eigenvalue weighted by Crippen LogP contribution is 2.40. The summed E-state index contributed by atoms with van der Waals surface area (Å²) >= 11 is 0. The van der Waals surface area contributed by atoms with Crippen LogP contribution in [0.5, 0.6) is 0 Å². The zero-order valence-corrected chi connectivity index (χ0v) is 14.9. The maximum absolute atomic E-state index is 5.59. The van der Waals surface area contributed by atoms with Gasteiger partial charge in [-0.2, -0.15) is 0 Å². The first-order valence-corrected chi connectivity index (χ1v) is 8.80. The second-order valence-corrected chi connectivity index (χ2v) is 6.62. The van der Waals surface area contributed by atoms with Crippen LogP contribution in [-0.2, 0) is 18.3 Å². The first kappa shape index (κ1) is 17.9. The molecule has 0 atom stereocenters. The minimum atomic E-state index is 0.375. The molecule has 23 heavy (non-hydrogen) atoms. The van der Waals surface area contributed by atoms with Crippen molar-refractivity contribution in [1.82, 2.24) is 15.2 Å². The Labute approximate surface area is 140 Å². The van der Waals surface area contributed by atoms with Crippen LogP contribution < -0.4 is 10.6 Å². The molecule has 2 N–H and O–H groups in total. The van der Waals surface area contributed by atoms with Crippen LogP contribution in [0.4, 0.5) is 0 Å². The molecule has 1 aliphatic carbocycles. The van der Waals surface area contributed by atoms with Crippen LogP contribution in [0.2, 0.25) is 0 Å². The molecule has 1 heterocycles. The van der Waals surface area contributed by atoms with Gasteiger partial charge in [0, 0.05) is 52.8 Å². The van der Waals surface area contributed by atoms with E-state index in [0.29, 0.717) is 5.41 Å².